The van der Waals surface area contributed by atoms with Crippen LogP contribution in [0.3, 0.4) is 0 Å². The van der Waals surface area contributed by atoms with Crippen LogP contribution in [0.1, 0.15) is 28.2 Å². The molecule has 0 aliphatic carbocycles. The van der Waals surface area contributed by atoms with E-state index in [1.807, 2.05) is 11.8 Å². The summed E-state index contributed by atoms with van der Waals surface area (Å²) in [5.41, 5.74) is 7.43. The van der Waals surface area contributed by atoms with Gasteiger partial charge in [-0.2, -0.15) is 0 Å². The molecule has 0 atom stereocenters. The molecule has 2 heterocycles. The molecule has 4 nitrogen and oxygen atoms in total. The molecule has 0 bridgehead atoms. The number of piperidine rings is 1. The molecular formula is C16H18FN3OS. The quantitative estimate of drug-likeness (QED) is 0.926. The van der Waals surface area contributed by atoms with E-state index < -0.39 is 0 Å². The Balaban J connectivity index is 1.83. The van der Waals surface area contributed by atoms with Gasteiger partial charge in [-0.15, -0.1) is 11.3 Å². The third kappa shape index (κ3) is 3.03. The molecule has 0 radical (unpaired) electrons. The fraction of sp³-hybridized carbons (Fsp3) is 0.375. The first-order chi connectivity index (χ1) is 10.5. The van der Waals surface area contributed by atoms with Crippen molar-refractivity contribution in [3.8, 4) is 10.6 Å². The first-order valence-electron chi connectivity index (χ1n) is 7.33. The SMILES string of the molecule is Cc1nc(-c2ccc(F)cc2)sc1C(=O)N1CCC(N)CC1. The molecule has 2 N–H and O–H groups in total. The van der Waals surface area contributed by atoms with Crippen LogP contribution in [0.5, 0.6) is 0 Å². The van der Waals surface area contributed by atoms with E-state index in [1.165, 1.54) is 23.5 Å². The van der Waals surface area contributed by atoms with Gasteiger partial charge in [-0.3, -0.25) is 4.79 Å². The number of likely N-dealkylation sites (tertiary alicyclic amines) is 1. The van der Waals surface area contributed by atoms with Crippen molar-refractivity contribution >= 4 is 17.2 Å². The maximum atomic E-state index is 13.0. The molecule has 1 aromatic heterocycles. The second-order valence-electron chi connectivity index (χ2n) is 5.57. The van der Waals surface area contributed by atoms with Gasteiger partial charge in [0, 0.05) is 24.7 Å². The lowest BCUT2D eigenvalue weighted by molar-refractivity contribution is 0.0718. The number of carbonyl (C=O) groups excluding carboxylic acids is 1. The highest BCUT2D eigenvalue weighted by molar-refractivity contribution is 7.17. The number of hydrogen-bond acceptors (Lipinski definition) is 4. The Labute approximate surface area is 132 Å². The van der Waals surface area contributed by atoms with Crippen molar-refractivity contribution in [1.82, 2.24) is 9.88 Å². The van der Waals surface area contributed by atoms with E-state index in [-0.39, 0.29) is 17.8 Å². The summed E-state index contributed by atoms with van der Waals surface area (Å²) in [6.07, 6.45) is 1.68. The summed E-state index contributed by atoms with van der Waals surface area (Å²) in [6.45, 7) is 3.24. The van der Waals surface area contributed by atoms with Crippen LogP contribution in [0.4, 0.5) is 4.39 Å². The summed E-state index contributed by atoms with van der Waals surface area (Å²) >= 11 is 1.36. The van der Waals surface area contributed by atoms with Gasteiger partial charge in [0.05, 0.1) is 5.69 Å². The summed E-state index contributed by atoms with van der Waals surface area (Å²) < 4.78 is 13.0. The summed E-state index contributed by atoms with van der Waals surface area (Å²) in [4.78, 5) is 19.6. The zero-order chi connectivity index (χ0) is 15.7. The van der Waals surface area contributed by atoms with E-state index in [1.54, 1.807) is 12.1 Å². The molecule has 1 saturated heterocycles. The highest BCUT2D eigenvalue weighted by Crippen LogP contribution is 2.29. The first-order valence-corrected chi connectivity index (χ1v) is 8.14. The number of aromatic nitrogens is 1. The van der Waals surface area contributed by atoms with E-state index in [2.05, 4.69) is 4.98 Å². The Morgan fingerprint density at radius 1 is 1.32 bits per heavy atom. The molecule has 1 aromatic carbocycles. The average Bonchev–Trinajstić information content (AvgIpc) is 2.90. The molecule has 1 aliphatic heterocycles. The highest BCUT2D eigenvalue weighted by Gasteiger charge is 2.25. The monoisotopic (exact) mass is 319 g/mol. The number of benzene rings is 1. The minimum atomic E-state index is -0.280. The lowest BCUT2D eigenvalue weighted by Crippen LogP contribution is -2.42. The minimum Gasteiger partial charge on any atom is -0.338 e. The van der Waals surface area contributed by atoms with Gasteiger partial charge in [-0.25, -0.2) is 9.37 Å². The summed E-state index contributed by atoms with van der Waals surface area (Å²) in [7, 11) is 0. The Bertz CT molecular complexity index is 675. The molecule has 22 heavy (non-hydrogen) atoms. The normalized spacial score (nSPS) is 16.0. The van der Waals surface area contributed by atoms with Gasteiger partial charge in [-0.1, -0.05) is 0 Å². The topological polar surface area (TPSA) is 59.2 Å². The van der Waals surface area contributed by atoms with Crippen LogP contribution < -0.4 is 5.73 Å². The van der Waals surface area contributed by atoms with Gasteiger partial charge in [-0.05, 0) is 44.0 Å². The van der Waals surface area contributed by atoms with E-state index in [0.29, 0.717) is 18.0 Å². The van der Waals surface area contributed by atoms with Crippen LogP contribution in [0.15, 0.2) is 24.3 Å². The first kappa shape index (κ1) is 15.1. The lowest BCUT2D eigenvalue weighted by atomic mass is 10.1. The second-order valence-corrected chi connectivity index (χ2v) is 6.57. The number of rotatable bonds is 2. The van der Waals surface area contributed by atoms with E-state index >= 15 is 0 Å². The molecule has 1 fully saturated rings. The Morgan fingerprint density at radius 2 is 1.95 bits per heavy atom. The zero-order valence-corrected chi connectivity index (χ0v) is 13.2. The maximum Gasteiger partial charge on any atom is 0.265 e. The fourth-order valence-corrected chi connectivity index (χ4v) is 3.60. The van der Waals surface area contributed by atoms with Gasteiger partial charge in [0.15, 0.2) is 0 Å². The van der Waals surface area contributed by atoms with Crippen molar-refractivity contribution < 1.29 is 9.18 Å². The molecule has 0 unspecified atom stereocenters. The van der Waals surface area contributed by atoms with Gasteiger partial charge in [0.2, 0.25) is 0 Å². The molecule has 1 amide bonds. The number of amides is 1. The third-order valence-electron chi connectivity index (χ3n) is 3.91. The summed E-state index contributed by atoms with van der Waals surface area (Å²) in [5, 5.41) is 0.745. The summed E-state index contributed by atoms with van der Waals surface area (Å²) in [6, 6.07) is 6.37. The number of aryl methyl sites for hydroxylation is 1. The predicted octanol–water partition coefficient (Wildman–Crippen LogP) is 2.82. The number of nitrogens with two attached hydrogens (primary N) is 1. The van der Waals surface area contributed by atoms with Crippen molar-refractivity contribution in [3.63, 3.8) is 0 Å². The molecule has 6 heteroatoms. The van der Waals surface area contributed by atoms with Crippen LogP contribution in [0, 0.1) is 12.7 Å². The molecular weight excluding hydrogens is 301 g/mol. The Morgan fingerprint density at radius 3 is 2.59 bits per heavy atom. The van der Waals surface area contributed by atoms with Gasteiger partial charge in [0.25, 0.3) is 5.91 Å². The van der Waals surface area contributed by atoms with Crippen LogP contribution in [0.2, 0.25) is 0 Å². The van der Waals surface area contributed by atoms with Crippen molar-refractivity contribution in [1.29, 1.82) is 0 Å². The second kappa shape index (κ2) is 6.14. The number of hydrogen-bond donors (Lipinski definition) is 1. The number of carbonyl (C=O) groups is 1. The van der Waals surface area contributed by atoms with Crippen molar-refractivity contribution in [3.05, 3.63) is 40.7 Å². The van der Waals surface area contributed by atoms with E-state index in [9.17, 15) is 9.18 Å². The van der Waals surface area contributed by atoms with Crippen LogP contribution in [-0.4, -0.2) is 34.9 Å². The van der Waals surface area contributed by atoms with Crippen LogP contribution in [0.25, 0.3) is 10.6 Å². The molecule has 1 aliphatic rings. The van der Waals surface area contributed by atoms with E-state index in [4.69, 9.17) is 5.73 Å². The van der Waals surface area contributed by atoms with Gasteiger partial charge >= 0.3 is 0 Å². The number of thiazole rings is 1. The zero-order valence-electron chi connectivity index (χ0n) is 12.4. The van der Waals surface area contributed by atoms with Crippen LogP contribution in [-0.2, 0) is 0 Å². The Kier molecular flexibility index (Phi) is 4.22. The predicted molar refractivity (Wildman–Crippen MR) is 85.4 cm³/mol. The van der Waals surface area contributed by atoms with Crippen molar-refractivity contribution in [2.24, 2.45) is 5.73 Å². The lowest BCUT2D eigenvalue weighted by Gasteiger charge is -2.29. The molecule has 0 saturated carbocycles. The number of nitrogens with zero attached hydrogens (tertiary/aromatic N) is 2. The molecule has 2 aromatic rings. The molecule has 3 rings (SSSR count). The van der Waals surface area contributed by atoms with Crippen molar-refractivity contribution in [2.45, 2.75) is 25.8 Å². The molecule has 0 spiro atoms. The van der Waals surface area contributed by atoms with Gasteiger partial charge < -0.3 is 10.6 Å². The smallest absolute Gasteiger partial charge is 0.265 e. The minimum absolute atomic E-state index is 0.0234. The largest absolute Gasteiger partial charge is 0.338 e. The average molecular weight is 319 g/mol. The van der Waals surface area contributed by atoms with Gasteiger partial charge in [0.1, 0.15) is 15.7 Å². The van der Waals surface area contributed by atoms with Crippen LogP contribution >= 0.6 is 11.3 Å². The maximum absolute atomic E-state index is 13.0. The Hall–Kier alpha value is -1.79. The van der Waals surface area contributed by atoms with Crippen molar-refractivity contribution in [2.75, 3.05) is 13.1 Å². The molecule has 116 valence electrons. The standard InChI is InChI=1S/C16H18FN3OS/c1-10-14(16(21)20-8-6-13(18)7-9-20)22-15(19-10)11-2-4-12(17)5-3-11/h2-5,13H,6-9,18H2,1H3. The number of halogens is 1. The fourth-order valence-electron chi connectivity index (χ4n) is 2.56. The third-order valence-corrected chi connectivity index (χ3v) is 5.10. The highest BCUT2D eigenvalue weighted by atomic mass is 32.1. The summed E-state index contributed by atoms with van der Waals surface area (Å²) in [5.74, 6) is -0.256. The van der Waals surface area contributed by atoms with E-state index in [0.717, 1.165) is 29.1 Å².